The van der Waals surface area contributed by atoms with Crippen molar-refractivity contribution in [3.63, 3.8) is 0 Å². The molecule has 1 aliphatic rings. The monoisotopic (exact) mass is 206 g/mol. The molecule has 2 nitrogen and oxygen atoms in total. The lowest BCUT2D eigenvalue weighted by molar-refractivity contribution is 0.675. The number of allylic oxidation sites excluding steroid dienone is 2. The zero-order valence-electron chi connectivity index (χ0n) is 9.97. The molecule has 0 bridgehead atoms. The number of nitrogens with zero attached hydrogens (tertiary/aromatic N) is 1. The number of hydrogen-bond donors (Lipinski definition) is 1. The number of rotatable bonds is 2. The molecule has 0 saturated heterocycles. The van der Waals surface area contributed by atoms with Gasteiger partial charge in [0.05, 0.1) is 0 Å². The van der Waals surface area contributed by atoms with Crippen LogP contribution in [-0.2, 0) is 0 Å². The number of amidine groups is 1. The summed E-state index contributed by atoms with van der Waals surface area (Å²) in [5.41, 5.74) is 2.39. The topological polar surface area (TPSA) is 24.4 Å². The molecule has 0 atom stereocenters. The molecular formula is C13H22N2. The summed E-state index contributed by atoms with van der Waals surface area (Å²) in [5.74, 6) is 1.05. The Morgan fingerprint density at radius 3 is 2.93 bits per heavy atom. The molecule has 0 aromatic carbocycles. The van der Waals surface area contributed by atoms with Crippen LogP contribution in [0.4, 0.5) is 0 Å². The van der Waals surface area contributed by atoms with Crippen molar-refractivity contribution in [3.05, 3.63) is 23.9 Å². The average Bonchev–Trinajstić information content (AvgIpc) is 2.22. The van der Waals surface area contributed by atoms with Crippen molar-refractivity contribution >= 4 is 5.84 Å². The van der Waals surface area contributed by atoms with Crippen molar-refractivity contribution in [1.82, 2.24) is 5.32 Å². The van der Waals surface area contributed by atoms with Gasteiger partial charge >= 0.3 is 0 Å². The Kier molecular flexibility index (Phi) is 5.16. The van der Waals surface area contributed by atoms with Crippen LogP contribution in [0.25, 0.3) is 0 Å². The van der Waals surface area contributed by atoms with E-state index in [1.54, 1.807) is 0 Å². The van der Waals surface area contributed by atoms with Gasteiger partial charge in [0.25, 0.3) is 0 Å². The molecule has 15 heavy (non-hydrogen) atoms. The Bertz CT molecular complexity index is 274. The van der Waals surface area contributed by atoms with Crippen LogP contribution in [0.15, 0.2) is 28.9 Å². The van der Waals surface area contributed by atoms with E-state index in [0.717, 1.165) is 30.9 Å². The number of aliphatic imine (C=N–C) groups is 1. The van der Waals surface area contributed by atoms with Crippen molar-refractivity contribution < 1.29 is 0 Å². The predicted molar refractivity (Wildman–Crippen MR) is 67.1 cm³/mol. The van der Waals surface area contributed by atoms with E-state index >= 15 is 0 Å². The molecule has 0 unspecified atom stereocenters. The second-order valence-electron chi connectivity index (χ2n) is 3.94. The van der Waals surface area contributed by atoms with E-state index in [0.29, 0.717) is 0 Å². The first-order chi connectivity index (χ1) is 7.27. The van der Waals surface area contributed by atoms with Crippen LogP contribution in [0.2, 0.25) is 0 Å². The van der Waals surface area contributed by atoms with Crippen molar-refractivity contribution in [1.29, 1.82) is 0 Å². The molecule has 1 N–H and O–H groups in total. The van der Waals surface area contributed by atoms with Gasteiger partial charge in [0.15, 0.2) is 0 Å². The zero-order valence-corrected chi connectivity index (χ0v) is 9.97. The summed E-state index contributed by atoms with van der Waals surface area (Å²) in [5, 5.41) is 3.32. The molecule has 0 aromatic heterocycles. The Hall–Kier alpha value is -1.05. The van der Waals surface area contributed by atoms with Crippen LogP contribution in [-0.4, -0.2) is 12.4 Å². The van der Waals surface area contributed by atoms with E-state index in [9.17, 15) is 0 Å². The largest absolute Gasteiger partial charge is 0.344 e. The summed E-state index contributed by atoms with van der Waals surface area (Å²) in [4.78, 5) is 4.60. The minimum absolute atomic E-state index is 0.941. The summed E-state index contributed by atoms with van der Waals surface area (Å²) in [6.07, 6.45) is 8.04. The van der Waals surface area contributed by atoms with E-state index in [1.165, 1.54) is 24.8 Å². The van der Waals surface area contributed by atoms with Gasteiger partial charge in [-0.2, -0.15) is 0 Å². The fourth-order valence-corrected chi connectivity index (χ4v) is 1.67. The van der Waals surface area contributed by atoms with E-state index in [1.807, 2.05) is 0 Å². The lowest BCUT2D eigenvalue weighted by Gasteiger charge is -2.16. The minimum Gasteiger partial charge on any atom is -0.344 e. The highest BCUT2D eigenvalue weighted by Gasteiger charge is 2.08. The van der Waals surface area contributed by atoms with Gasteiger partial charge in [0.1, 0.15) is 5.84 Å². The van der Waals surface area contributed by atoms with Crippen LogP contribution < -0.4 is 5.32 Å². The van der Waals surface area contributed by atoms with Gasteiger partial charge in [-0.25, -0.2) is 0 Å². The fraction of sp³-hybridized carbons (Fsp3) is 0.615. The van der Waals surface area contributed by atoms with E-state index in [-0.39, 0.29) is 0 Å². The number of hydrogen-bond acceptors (Lipinski definition) is 2. The highest BCUT2D eigenvalue weighted by Crippen LogP contribution is 2.14. The van der Waals surface area contributed by atoms with Gasteiger partial charge in [0, 0.05) is 12.2 Å². The molecule has 1 heterocycles. The third-order valence-electron chi connectivity index (χ3n) is 2.75. The maximum atomic E-state index is 4.60. The second kappa shape index (κ2) is 6.44. The summed E-state index contributed by atoms with van der Waals surface area (Å²) in [7, 11) is 0. The summed E-state index contributed by atoms with van der Waals surface area (Å²) < 4.78 is 0. The Morgan fingerprint density at radius 1 is 1.47 bits per heavy atom. The van der Waals surface area contributed by atoms with Gasteiger partial charge in [-0.05, 0) is 38.2 Å². The lowest BCUT2D eigenvalue weighted by atomic mass is 10.0. The van der Waals surface area contributed by atoms with Crippen molar-refractivity contribution in [2.24, 2.45) is 4.99 Å². The summed E-state index contributed by atoms with van der Waals surface area (Å²) >= 11 is 0. The average molecular weight is 206 g/mol. The smallest absolute Gasteiger partial charge is 0.127 e. The van der Waals surface area contributed by atoms with E-state index in [4.69, 9.17) is 0 Å². The lowest BCUT2D eigenvalue weighted by Crippen LogP contribution is -2.25. The Balaban J connectivity index is 2.73. The first-order valence-corrected chi connectivity index (χ1v) is 5.92. The first kappa shape index (κ1) is 12.0. The molecule has 1 rings (SSSR count). The maximum Gasteiger partial charge on any atom is 0.127 e. The number of nitrogens with one attached hydrogen (secondary N) is 1. The minimum atomic E-state index is 0.941. The first-order valence-electron chi connectivity index (χ1n) is 5.92. The maximum absolute atomic E-state index is 4.60. The highest BCUT2D eigenvalue weighted by molar-refractivity contribution is 5.99. The van der Waals surface area contributed by atoms with Crippen LogP contribution in [0.1, 0.15) is 46.0 Å². The fourth-order valence-electron chi connectivity index (χ4n) is 1.67. The Morgan fingerprint density at radius 2 is 2.27 bits per heavy atom. The SMILES string of the molecule is C=C(CC)NC1=NCCCCC/C1=C\C. The highest BCUT2D eigenvalue weighted by atomic mass is 15.0. The van der Waals surface area contributed by atoms with Gasteiger partial charge in [-0.3, -0.25) is 4.99 Å². The van der Waals surface area contributed by atoms with Crippen molar-refractivity contribution in [2.45, 2.75) is 46.0 Å². The zero-order chi connectivity index (χ0) is 11.1. The molecule has 2 heteroatoms. The standard InChI is InChI=1S/C13H22N2/c1-4-11(3)15-13-12(5-2)9-7-6-8-10-14-13/h5H,3-4,6-10H2,1-2H3,(H,14,15)/b12-5+. The van der Waals surface area contributed by atoms with Gasteiger partial charge in [-0.1, -0.05) is 26.0 Å². The predicted octanol–water partition coefficient (Wildman–Crippen LogP) is 3.42. The molecule has 0 fully saturated rings. The normalized spacial score (nSPS) is 20.4. The van der Waals surface area contributed by atoms with Crippen LogP contribution in [0, 0.1) is 0 Å². The summed E-state index contributed by atoms with van der Waals surface area (Å²) in [6.45, 7) is 9.10. The molecule has 1 aliphatic heterocycles. The summed E-state index contributed by atoms with van der Waals surface area (Å²) in [6, 6.07) is 0. The van der Waals surface area contributed by atoms with E-state index < -0.39 is 0 Å². The molecule has 0 saturated carbocycles. The molecule has 84 valence electrons. The molecule has 0 radical (unpaired) electrons. The van der Waals surface area contributed by atoms with Crippen LogP contribution >= 0.6 is 0 Å². The van der Waals surface area contributed by atoms with Gasteiger partial charge in [0.2, 0.25) is 0 Å². The second-order valence-corrected chi connectivity index (χ2v) is 3.94. The van der Waals surface area contributed by atoms with Gasteiger partial charge < -0.3 is 5.32 Å². The third-order valence-corrected chi connectivity index (χ3v) is 2.75. The van der Waals surface area contributed by atoms with Crippen LogP contribution in [0.5, 0.6) is 0 Å². The molecule has 0 spiro atoms. The van der Waals surface area contributed by atoms with Gasteiger partial charge in [-0.15, -0.1) is 0 Å². The molecule has 0 aromatic rings. The Labute approximate surface area is 93.2 Å². The molecular weight excluding hydrogens is 184 g/mol. The molecule has 0 aliphatic carbocycles. The van der Waals surface area contributed by atoms with E-state index in [2.05, 4.69) is 36.8 Å². The molecule has 0 amide bonds. The van der Waals surface area contributed by atoms with Crippen molar-refractivity contribution in [2.75, 3.05) is 6.54 Å². The van der Waals surface area contributed by atoms with Crippen molar-refractivity contribution in [3.8, 4) is 0 Å². The third kappa shape index (κ3) is 3.90. The quantitative estimate of drug-likeness (QED) is 0.735. The van der Waals surface area contributed by atoms with Crippen LogP contribution in [0.3, 0.4) is 0 Å².